The van der Waals surface area contributed by atoms with Gasteiger partial charge in [0, 0.05) is 0 Å². The lowest BCUT2D eigenvalue weighted by Gasteiger charge is -2.39. The van der Waals surface area contributed by atoms with E-state index in [2.05, 4.69) is 4.43 Å². The average Bonchev–Trinajstić information content (AvgIpc) is 1.91. The van der Waals surface area contributed by atoms with Crippen LogP contribution in [0.15, 0.2) is 0 Å². The summed E-state index contributed by atoms with van der Waals surface area (Å²) in [6.45, 7) is 1.48. The molecule has 0 aromatic carbocycles. The van der Waals surface area contributed by atoms with Crippen LogP contribution < -0.4 is 0 Å². The van der Waals surface area contributed by atoms with Crippen molar-refractivity contribution in [1.29, 1.82) is 0 Å². The van der Waals surface area contributed by atoms with Crippen LogP contribution in [0.3, 0.4) is 0 Å². The smallest absolute Gasteiger partial charge is 0.390 e. The van der Waals surface area contributed by atoms with E-state index in [1.165, 1.54) is 0 Å². The van der Waals surface area contributed by atoms with Gasteiger partial charge in [-0.15, -0.1) is 0 Å². The molecule has 0 aliphatic carbocycles. The number of alkyl halides is 9. The molecular formula is C6H6F9OSi. The Morgan fingerprint density at radius 1 is 0.647 bits per heavy atom. The molecule has 0 rings (SSSR count). The first-order valence-corrected chi connectivity index (χ1v) is 6.27. The van der Waals surface area contributed by atoms with Crippen LogP contribution in [0.25, 0.3) is 0 Å². The van der Waals surface area contributed by atoms with E-state index < -0.39 is 33.2 Å². The number of hydrogen-bond acceptors (Lipinski definition) is 1. The van der Waals surface area contributed by atoms with Crippen molar-refractivity contribution in [3.63, 3.8) is 0 Å². The molecule has 0 saturated carbocycles. The molecule has 0 unspecified atom stereocenters. The third-order valence-corrected chi connectivity index (χ3v) is 2.27. The second kappa shape index (κ2) is 4.34. The fourth-order valence-electron chi connectivity index (χ4n) is 0.962. The Hall–Kier alpha value is -0.453. The quantitative estimate of drug-likeness (QED) is 0.557. The maximum atomic E-state index is 12.2. The SMILES string of the molecule is C[Si](C)OC(C(F)(F)F)(C(F)(F)F)C(F)(F)F. The van der Waals surface area contributed by atoms with E-state index in [1.54, 1.807) is 0 Å². The zero-order valence-corrected chi connectivity index (χ0v) is 9.31. The lowest BCUT2D eigenvalue weighted by Crippen LogP contribution is -2.68. The van der Waals surface area contributed by atoms with Gasteiger partial charge in [-0.25, -0.2) is 0 Å². The monoisotopic (exact) mass is 293 g/mol. The van der Waals surface area contributed by atoms with Crippen molar-refractivity contribution in [3.05, 3.63) is 0 Å². The molecule has 0 amide bonds. The molecule has 0 aliphatic rings. The summed E-state index contributed by atoms with van der Waals surface area (Å²) >= 11 is 0. The van der Waals surface area contributed by atoms with E-state index in [0.29, 0.717) is 0 Å². The van der Waals surface area contributed by atoms with Crippen LogP contribution in [0.1, 0.15) is 0 Å². The maximum absolute atomic E-state index is 12.2. The summed E-state index contributed by atoms with van der Waals surface area (Å²) < 4.78 is 113. The van der Waals surface area contributed by atoms with E-state index in [9.17, 15) is 39.5 Å². The first-order chi connectivity index (χ1) is 7.17. The van der Waals surface area contributed by atoms with Crippen molar-refractivity contribution in [2.45, 2.75) is 37.2 Å². The van der Waals surface area contributed by atoms with Crippen LogP contribution in [0.2, 0.25) is 13.1 Å². The van der Waals surface area contributed by atoms with E-state index in [-0.39, 0.29) is 0 Å². The molecule has 1 nitrogen and oxygen atoms in total. The van der Waals surface area contributed by atoms with Crippen LogP contribution in [-0.4, -0.2) is 33.2 Å². The van der Waals surface area contributed by atoms with Crippen molar-refractivity contribution in [2.24, 2.45) is 0 Å². The molecule has 0 bridgehead atoms. The van der Waals surface area contributed by atoms with Gasteiger partial charge in [-0.3, -0.25) is 0 Å². The summed E-state index contributed by atoms with van der Waals surface area (Å²) in [5.41, 5.74) is -6.12. The Morgan fingerprint density at radius 3 is 0.941 bits per heavy atom. The van der Waals surface area contributed by atoms with Crippen molar-refractivity contribution in [1.82, 2.24) is 0 Å². The summed E-state index contributed by atoms with van der Waals surface area (Å²) in [5, 5.41) is 0. The Morgan fingerprint density at radius 2 is 0.882 bits per heavy atom. The minimum Gasteiger partial charge on any atom is -0.390 e. The predicted octanol–water partition coefficient (Wildman–Crippen LogP) is 3.68. The molecule has 0 aromatic heterocycles. The summed E-state index contributed by atoms with van der Waals surface area (Å²) in [6, 6.07) is 0. The second-order valence-electron chi connectivity index (χ2n) is 3.18. The predicted molar refractivity (Wildman–Crippen MR) is 39.5 cm³/mol. The first-order valence-electron chi connectivity index (χ1n) is 3.86. The zero-order valence-electron chi connectivity index (χ0n) is 8.31. The largest absolute Gasteiger partial charge is 0.434 e. The van der Waals surface area contributed by atoms with Crippen LogP contribution in [0, 0.1) is 0 Å². The van der Waals surface area contributed by atoms with Gasteiger partial charge >= 0.3 is 24.1 Å². The molecular weight excluding hydrogens is 287 g/mol. The molecule has 0 atom stereocenters. The topological polar surface area (TPSA) is 9.23 Å². The van der Waals surface area contributed by atoms with Gasteiger partial charge in [0.1, 0.15) is 0 Å². The van der Waals surface area contributed by atoms with Gasteiger partial charge < -0.3 is 4.43 Å². The zero-order chi connectivity index (χ0) is 14.3. The van der Waals surface area contributed by atoms with Crippen LogP contribution in [0.4, 0.5) is 39.5 Å². The highest BCUT2D eigenvalue weighted by molar-refractivity contribution is 6.48. The molecule has 0 aromatic rings. The number of halogens is 9. The van der Waals surface area contributed by atoms with Crippen molar-refractivity contribution >= 4 is 9.04 Å². The highest BCUT2D eigenvalue weighted by atomic mass is 28.3. The second-order valence-corrected chi connectivity index (χ2v) is 5.21. The third-order valence-electron chi connectivity index (χ3n) is 1.55. The van der Waals surface area contributed by atoms with E-state index in [4.69, 9.17) is 0 Å². The minimum absolute atomic E-state index is 0.739. The maximum Gasteiger partial charge on any atom is 0.434 e. The fourth-order valence-corrected chi connectivity index (χ4v) is 1.92. The van der Waals surface area contributed by atoms with Crippen LogP contribution in [0.5, 0.6) is 0 Å². The van der Waals surface area contributed by atoms with Gasteiger partial charge in [0.15, 0.2) is 0 Å². The summed E-state index contributed by atoms with van der Waals surface area (Å²) in [5.74, 6) is 0. The molecule has 0 N–H and O–H groups in total. The Kier molecular flexibility index (Phi) is 4.22. The normalized spacial score (nSPS) is 15.5. The Labute approximate surface area is 91.3 Å². The number of hydrogen-bond donors (Lipinski definition) is 0. The van der Waals surface area contributed by atoms with E-state index >= 15 is 0 Å². The molecule has 11 heteroatoms. The molecule has 1 radical (unpaired) electrons. The van der Waals surface area contributed by atoms with Gasteiger partial charge in [-0.05, 0) is 13.1 Å². The standard InChI is InChI=1S/C6H6F9OSi/c1-17(2)16-3(4(7,8)9,5(10,11)12)6(13,14)15/h1-2H3. The van der Waals surface area contributed by atoms with Gasteiger partial charge in [-0.2, -0.15) is 39.5 Å². The summed E-state index contributed by atoms with van der Waals surface area (Å²) in [4.78, 5) is 0. The third kappa shape index (κ3) is 2.87. The van der Waals surface area contributed by atoms with Gasteiger partial charge in [0.05, 0.1) is 0 Å². The van der Waals surface area contributed by atoms with Gasteiger partial charge in [0.25, 0.3) is 0 Å². The van der Waals surface area contributed by atoms with Crippen molar-refractivity contribution in [2.75, 3.05) is 0 Å². The molecule has 0 spiro atoms. The molecule has 0 heterocycles. The van der Waals surface area contributed by atoms with Crippen LogP contribution in [-0.2, 0) is 4.43 Å². The Bertz CT molecular complexity index is 226. The highest BCUT2D eigenvalue weighted by Crippen LogP contribution is 2.55. The highest BCUT2D eigenvalue weighted by Gasteiger charge is 2.85. The Balaban J connectivity index is 5.93. The summed E-state index contributed by atoms with van der Waals surface area (Å²) in [7, 11) is -2.90. The first kappa shape index (κ1) is 16.5. The van der Waals surface area contributed by atoms with Crippen molar-refractivity contribution < 1.29 is 43.9 Å². The molecule has 0 fully saturated rings. The lowest BCUT2D eigenvalue weighted by atomic mass is 10.0. The van der Waals surface area contributed by atoms with Gasteiger partial charge in [-0.1, -0.05) is 0 Å². The minimum atomic E-state index is -6.63. The average molecular weight is 293 g/mol. The molecule has 0 saturated heterocycles. The van der Waals surface area contributed by atoms with Crippen LogP contribution >= 0.6 is 0 Å². The van der Waals surface area contributed by atoms with E-state index in [1.807, 2.05) is 0 Å². The fraction of sp³-hybridized carbons (Fsp3) is 1.00. The lowest BCUT2D eigenvalue weighted by molar-refractivity contribution is -0.438. The summed E-state index contributed by atoms with van der Waals surface area (Å²) in [6.07, 6.45) is -19.9. The van der Waals surface area contributed by atoms with Crippen molar-refractivity contribution in [3.8, 4) is 0 Å². The molecule has 17 heavy (non-hydrogen) atoms. The molecule has 0 aliphatic heterocycles. The van der Waals surface area contributed by atoms with Gasteiger partial charge in [0.2, 0.25) is 9.04 Å². The number of rotatable bonds is 2. The van der Waals surface area contributed by atoms with E-state index in [0.717, 1.165) is 13.1 Å². The molecule has 103 valence electrons.